The number of unbranched alkanes of at least 4 members (excludes halogenated alkanes) is 48. The van der Waals surface area contributed by atoms with Crippen LogP contribution in [0.1, 0.15) is 427 Å². The van der Waals surface area contributed by atoms with Crippen molar-refractivity contribution in [3.63, 3.8) is 0 Å². The number of hydrogen-bond acceptors (Lipinski definition) is 5. The van der Waals surface area contributed by atoms with Crippen LogP contribution in [0.5, 0.6) is 0 Å². The van der Waals surface area contributed by atoms with Gasteiger partial charge >= 0.3 is 40.4 Å². The van der Waals surface area contributed by atoms with Gasteiger partial charge in [0, 0.05) is 11.9 Å². The maximum Gasteiger partial charge on any atom is 0.0445 e. The smallest absolute Gasteiger partial charge is 0.0445 e. The van der Waals surface area contributed by atoms with Crippen LogP contribution in [-0.2, 0) is 13.4 Å². The number of allylic oxidation sites excluding steroid dienone is 8. The number of rotatable bonds is 67. The summed E-state index contributed by atoms with van der Waals surface area (Å²) in [4.78, 5) is 23.1. The largest absolute Gasteiger partial charge is 0.550 e. The Balaban J connectivity index is -0.00000146. The molecule has 0 unspecified atom stereocenters. The molecule has 0 atom stereocenters. The van der Waals surface area contributed by atoms with E-state index in [0.29, 0.717) is 6.10 Å². The van der Waals surface area contributed by atoms with Crippen LogP contribution in [0, 0.1) is 11.8 Å². The summed E-state index contributed by atoms with van der Waals surface area (Å²) in [5, 5.41) is 23.1. The molecule has 0 saturated heterocycles. The zero-order valence-electron chi connectivity index (χ0n) is 58.4. The molecule has 0 amide bonds. The maximum atomic E-state index is 11.6. The average Bonchev–Trinajstić information content (AvgIpc) is 3.51. The third kappa shape index (κ3) is 82.4. The van der Waals surface area contributed by atoms with Crippen LogP contribution in [0.3, 0.4) is 0 Å². The standard InChI is InChI=1S/2C38H72O2.C3H7O.Al/c2*1-3-5-7-9-11-13-15-17-19-21-23-25-27-29-31-33-35-37(38(39)40)36-34-32-30-28-26-24-22-20-18-16-14-12-10-8-6-4-2;1-3(2)4;/h2*17-20,37H,3-16,21-36H2,1-2H3,(H,39,40);3H,1-2H3;/q;;-1;+3/p-2/b2*19-17-,20-18-;;. The third-order valence-electron chi connectivity index (χ3n) is 17.2. The van der Waals surface area contributed by atoms with Gasteiger partial charge in [-0.25, -0.2) is 0 Å². The summed E-state index contributed by atoms with van der Waals surface area (Å²) in [6.07, 6.45) is 95.1. The van der Waals surface area contributed by atoms with Gasteiger partial charge in [-0.05, 0) is 140 Å². The molecule has 0 aromatic rings. The molecule has 0 aliphatic carbocycles. The number of hydrogen-bond donors (Lipinski definition) is 0. The molecule has 0 spiro atoms. The van der Waals surface area contributed by atoms with Crippen LogP contribution < -0.4 is 10.2 Å². The summed E-state index contributed by atoms with van der Waals surface area (Å²) in [5.74, 6) is -2.09. The van der Waals surface area contributed by atoms with Gasteiger partial charge in [0.25, 0.3) is 0 Å². The van der Waals surface area contributed by atoms with Crippen LogP contribution in [-0.4, -0.2) is 34.7 Å². The fourth-order valence-corrected chi connectivity index (χ4v) is 11.3. The molecule has 0 radical (unpaired) electrons. The van der Waals surface area contributed by atoms with Crippen LogP contribution in [0.4, 0.5) is 0 Å². The monoisotopic (exact) mass is 1210 g/mol. The van der Waals surface area contributed by atoms with Gasteiger partial charge in [0.1, 0.15) is 0 Å². The van der Waals surface area contributed by atoms with Crippen molar-refractivity contribution in [2.75, 3.05) is 0 Å². The van der Waals surface area contributed by atoms with E-state index in [1.54, 1.807) is 0 Å². The van der Waals surface area contributed by atoms with E-state index >= 15 is 0 Å². The van der Waals surface area contributed by atoms with Gasteiger partial charge in [-0.15, -0.1) is 0 Å². The summed E-state index contributed by atoms with van der Waals surface area (Å²) in [5.41, 5.74) is 0. The quantitative estimate of drug-likeness (QED) is 0.0344. The van der Waals surface area contributed by atoms with Crippen molar-refractivity contribution in [1.82, 2.24) is 0 Å². The van der Waals surface area contributed by atoms with Crippen molar-refractivity contribution in [2.24, 2.45) is 11.8 Å². The van der Waals surface area contributed by atoms with Gasteiger partial charge in [0.15, 0.2) is 0 Å². The first-order valence-electron chi connectivity index (χ1n) is 38.1. The Labute approximate surface area is 542 Å². The van der Waals surface area contributed by atoms with Gasteiger partial charge in [-0.2, -0.15) is 0 Å². The molecule has 0 saturated carbocycles. The van der Waals surface area contributed by atoms with Crippen molar-refractivity contribution < 1.29 is 23.6 Å². The fraction of sp³-hybridized carbons (Fsp3) is 0.873. The van der Waals surface area contributed by atoms with Gasteiger partial charge in [0.05, 0.1) is 0 Å². The SMILES string of the molecule is CC(C)[O][Al+2].CCCCCCCC/C=C\CCCCCCCCC(CCCCCCCC/C=C\CCCCCCCC)C(=O)[O-].CCCCCCCC/C=C\CCCCCCCCC(CCCCCCCC/C=C\CCCCCCCC)C(=O)[O-]. The Morgan fingerprint density at radius 2 is 0.400 bits per heavy atom. The molecule has 0 rings (SSSR count). The molecule has 0 aromatic heterocycles. The third-order valence-corrected chi connectivity index (χ3v) is 17.7. The molecule has 0 aliphatic rings. The van der Waals surface area contributed by atoms with Crippen molar-refractivity contribution >= 4 is 28.6 Å². The number of aliphatic carboxylic acids is 2. The zero-order chi connectivity index (χ0) is 62.7. The molecule has 5 nitrogen and oxygen atoms in total. The second kappa shape index (κ2) is 80.4. The average molecular weight is 1210 g/mol. The van der Waals surface area contributed by atoms with Gasteiger partial charge in [-0.1, -0.05) is 333 Å². The molecule has 0 aromatic carbocycles. The maximum absolute atomic E-state index is 11.6. The van der Waals surface area contributed by atoms with Crippen LogP contribution in [0.15, 0.2) is 48.6 Å². The van der Waals surface area contributed by atoms with Gasteiger partial charge in [-0.3, -0.25) is 0 Å². The van der Waals surface area contributed by atoms with Gasteiger partial charge < -0.3 is 19.8 Å². The summed E-state index contributed by atoms with van der Waals surface area (Å²) in [6.45, 7) is 13.1. The van der Waals surface area contributed by atoms with Crippen molar-refractivity contribution in [1.29, 1.82) is 0 Å². The first-order chi connectivity index (χ1) is 41.7. The molecular weight excluding hydrogens is 1060 g/mol. The summed E-state index contributed by atoms with van der Waals surface area (Å²) in [7, 11) is 0. The first kappa shape index (κ1) is 87.6. The normalized spacial score (nSPS) is 11.8. The van der Waals surface area contributed by atoms with E-state index < -0.39 is 11.9 Å². The summed E-state index contributed by atoms with van der Waals surface area (Å²) in [6, 6.07) is 0. The molecule has 498 valence electrons. The minimum absolute atomic E-state index is 0.228. The van der Waals surface area contributed by atoms with E-state index in [0.717, 1.165) is 51.4 Å². The van der Waals surface area contributed by atoms with E-state index in [9.17, 15) is 19.8 Å². The summed E-state index contributed by atoms with van der Waals surface area (Å²) < 4.78 is 4.67. The molecule has 0 heterocycles. The Bertz CT molecular complexity index is 1190. The van der Waals surface area contributed by atoms with Crippen LogP contribution in [0.25, 0.3) is 0 Å². The first-order valence-corrected chi connectivity index (χ1v) is 38.6. The second-order valence-electron chi connectivity index (χ2n) is 26.1. The predicted octanol–water partition coefficient (Wildman–Crippen LogP) is 24.9. The minimum Gasteiger partial charge on any atom is -0.550 e. The fourth-order valence-electron chi connectivity index (χ4n) is 11.3. The van der Waals surface area contributed by atoms with E-state index in [2.05, 4.69) is 96.7 Å². The number of carboxylic acids is 2. The Hall–Kier alpha value is -1.61. The van der Waals surface area contributed by atoms with Crippen molar-refractivity contribution in [3.05, 3.63) is 48.6 Å². The van der Waals surface area contributed by atoms with Crippen molar-refractivity contribution in [2.45, 2.75) is 433 Å². The number of carbonyl (C=O) groups excluding carboxylic acids is 2. The van der Waals surface area contributed by atoms with E-state index in [-0.39, 0.29) is 11.8 Å². The summed E-state index contributed by atoms with van der Waals surface area (Å²) >= 11 is 2.19. The molecule has 0 bridgehead atoms. The topological polar surface area (TPSA) is 89.5 Å². The molecule has 0 N–H and O–H groups in total. The number of carbonyl (C=O) groups is 2. The Morgan fingerprint density at radius 3 is 0.529 bits per heavy atom. The Kier molecular flexibility index (Phi) is 82.9. The second-order valence-corrected chi connectivity index (χ2v) is 26.4. The van der Waals surface area contributed by atoms with E-state index in [1.165, 1.54) is 334 Å². The molecule has 0 fully saturated rings. The van der Waals surface area contributed by atoms with Crippen LogP contribution >= 0.6 is 0 Å². The predicted molar refractivity (Wildman–Crippen MR) is 375 cm³/mol. The van der Waals surface area contributed by atoms with Gasteiger partial charge in [0.2, 0.25) is 0 Å². The zero-order valence-corrected chi connectivity index (χ0v) is 59.6. The van der Waals surface area contributed by atoms with Crippen LogP contribution in [0.2, 0.25) is 0 Å². The number of carboxylic acid groups (broad SMARTS) is 2. The van der Waals surface area contributed by atoms with Crippen molar-refractivity contribution in [3.8, 4) is 0 Å². The van der Waals surface area contributed by atoms with E-state index in [1.807, 2.05) is 13.8 Å². The minimum atomic E-state index is -0.819. The molecule has 0 aliphatic heterocycles. The molecule has 85 heavy (non-hydrogen) atoms. The molecule has 6 heteroatoms. The molecular formula is C79H149AlO5. The Morgan fingerprint density at radius 1 is 0.271 bits per heavy atom. The van der Waals surface area contributed by atoms with E-state index in [4.69, 9.17) is 0 Å².